The van der Waals surface area contributed by atoms with Gasteiger partial charge in [0.2, 0.25) is 5.91 Å². The molecule has 1 amide bonds. The fourth-order valence-corrected chi connectivity index (χ4v) is 2.59. The van der Waals surface area contributed by atoms with Crippen molar-refractivity contribution in [3.63, 3.8) is 0 Å². The molecule has 1 heterocycles. The maximum Gasteiger partial charge on any atom is 0.241 e. The van der Waals surface area contributed by atoms with Gasteiger partial charge in [0.15, 0.2) is 0 Å². The molecular formula is C16H20ClN3O. The highest BCUT2D eigenvalue weighted by Crippen LogP contribution is 2.32. The molecule has 0 radical (unpaired) electrons. The number of carbonyl (C=O) groups is 1. The predicted molar refractivity (Wildman–Crippen MR) is 87.6 cm³/mol. The van der Waals surface area contributed by atoms with Gasteiger partial charge in [-0.1, -0.05) is 31.4 Å². The van der Waals surface area contributed by atoms with Crippen molar-refractivity contribution in [3.8, 4) is 0 Å². The second kappa shape index (κ2) is 6.87. The van der Waals surface area contributed by atoms with Crippen molar-refractivity contribution < 1.29 is 4.79 Å². The lowest BCUT2D eigenvalue weighted by Crippen LogP contribution is -2.35. The standard InChI is InChI=1S/C16H20ClN3O/c1-3-4-7-13(18)16(21)20-15-11-6-5-8-19-14(11)10(2)9-12(15)17/h5-6,8-9,13H,3-4,7,18H2,1-2H3,(H,20,21). The predicted octanol–water partition coefficient (Wildman–Crippen LogP) is 3.65. The van der Waals surface area contributed by atoms with Crippen molar-refractivity contribution in [2.45, 2.75) is 39.2 Å². The lowest BCUT2D eigenvalue weighted by atomic mass is 10.1. The molecule has 1 unspecified atom stereocenters. The highest BCUT2D eigenvalue weighted by molar-refractivity contribution is 6.35. The number of unbranched alkanes of at least 4 members (excludes halogenated alkanes) is 1. The summed E-state index contributed by atoms with van der Waals surface area (Å²) in [6, 6.07) is 5.01. The number of fused-ring (bicyclic) bond motifs is 1. The maximum atomic E-state index is 12.2. The van der Waals surface area contributed by atoms with E-state index in [4.69, 9.17) is 17.3 Å². The van der Waals surface area contributed by atoms with Gasteiger partial charge >= 0.3 is 0 Å². The molecule has 2 aromatic rings. The van der Waals surface area contributed by atoms with Gasteiger partial charge in [-0.3, -0.25) is 9.78 Å². The van der Waals surface area contributed by atoms with Gasteiger partial charge in [-0.2, -0.15) is 0 Å². The highest BCUT2D eigenvalue weighted by atomic mass is 35.5. The third-order valence-corrected chi connectivity index (χ3v) is 3.78. The van der Waals surface area contributed by atoms with E-state index < -0.39 is 6.04 Å². The zero-order valence-electron chi connectivity index (χ0n) is 12.3. The van der Waals surface area contributed by atoms with Crippen LogP contribution >= 0.6 is 11.6 Å². The largest absolute Gasteiger partial charge is 0.323 e. The first-order valence-electron chi connectivity index (χ1n) is 7.14. The highest BCUT2D eigenvalue weighted by Gasteiger charge is 2.17. The van der Waals surface area contributed by atoms with Crippen LogP contribution in [0.2, 0.25) is 5.02 Å². The molecule has 0 saturated heterocycles. The molecule has 0 bridgehead atoms. The first-order chi connectivity index (χ1) is 10.0. The first kappa shape index (κ1) is 15.7. The number of nitrogens with one attached hydrogen (secondary N) is 1. The summed E-state index contributed by atoms with van der Waals surface area (Å²) in [4.78, 5) is 16.5. The Morgan fingerprint density at radius 1 is 1.52 bits per heavy atom. The molecule has 0 aliphatic carbocycles. The molecule has 21 heavy (non-hydrogen) atoms. The van der Waals surface area contributed by atoms with Crippen molar-refractivity contribution in [1.82, 2.24) is 4.98 Å². The number of hydrogen-bond acceptors (Lipinski definition) is 3. The maximum absolute atomic E-state index is 12.2. The van der Waals surface area contributed by atoms with E-state index in [1.54, 1.807) is 6.20 Å². The smallest absolute Gasteiger partial charge is 0.241 e. The average molecular weight is 306 g/mol. The minimum absolute atomic E-state index is 0.209. The van der Waals surface area contributed by atoms with Crippen LogP contribution in [0, 0.1) is 6.92 Å². The van der Waals surface area contributed by atoms with E-state index in [9.17, 15) is 4.79 Å². The molecule has 112 valence electrons. The van der Waals surface area contributed by atoms with Crippen LogP contribution in [0.4, 0.5) is 5.69 Å². The number of anilines is 1. The third kappa shape index (κ3) is 3.52. The summed E-state index contributed by atoms with van der Waals surface area (Å²) in [6.45, 7) is 4.01. The number of pyridine rings is 1. The number of amides is 1. The van der Waals surface area contributed by atoms with E-state index in [1.165, 1.54) is 0 Å². The van der Waals surface area contributed by atoms with Crippen LogP contribution in [0.3, 0.4) is 0 Å². The fraction of sp³-hybridized carbons (Fsp3) is 0.375. The van der Waals surface area contributed by atoms with Crippen molar-refractivity contribution in [2.24, 2.45) is 5.73 Å². The molecule has 0 saturated carbocycles. The van der Waals surface area contributed by atoms with Crippen molar-refractivity contribution in [1.29, 1.82) is 0 Å². The Hall–Kier alpha value is -1.65. The van der Waals surface area contributed by atoms with E-state index in [2.05, 4.69) is 17.2 Å². The van der Waals surface area contributed by atoms with Gasteiger partial charge in [0.05, 0.1) is 22.3 Å². The van der Waals surface area contributed by atoms with Crippen LogP contribution in [0.25, 0.3) is 10.9 Å². The SMILES string of the molecule is CCCCC(N)C(=O)Nc1c(Cl)cc(C)c2ncccc12. The Labute approximate surface area is 129 Å². The van der Waals surface area contributed by atoms with Crippen molar-refractivity contribution in [2.75, 3.05) is 5.32 Å². The molecule has 1 atom stereocenters. The zero-order valence-corrected chi connectivity index (χ0v) is 13.1. The molecule has 0 aliphatic heterocycles. The fourth-order valence-electron chi connectivity index (χ4n) is 2.28. The van der Waals surface area contributed by atoms with Crippen LogP contribution in [-0.2, 0) is 4.79 Å². The van der Waals surface area contributed by atoms with Crippen LogP contribution in [-0.4, -0.2) is 16.9 Å². The number of nitrogens with zero attached hydrogens (tertiary/aromatic N) is 1. The Balaban J connectivity index is 2.32. The van der Waals surface area contributed by atoms with Gasteiger partial charge in [-0.15, -0.1) is 0 Å². The summed E-state index contributed by atoms with van der Waals surface area (Å²) in [5, 5.41) is 4.19. The van der Waals surface area contributed by atoms with Crippen LogP contribution in [0.5, 0.6) is 0 Å². The zero-order chi connectivity index (χ0) is 15.4. The van der Waals surface area contributed by atoms with Gasteiger partial charge in [0, 0.05) is 11.6 Å². The number of hydrogen-bond donors (Lipinski definition) is 2. The molecule has 5 heteroatoms. The molecular weight excluding hydrogens is 286 g/mol. The number of aryl methyl sites for hydroxylation is 1. The Morgan fingerprint density at radius 2 is 2.29 bits per heavy atom. The lowest BCUT2D eigenvalue weighted by molar-refractivity contribution is -0.117. The average Bonchev–Trinajstić information content (AvgIpc) is 2.48. The van der Waals surface area contributed by atoms with E-state index in [-0.39, 0.29) is 5.91 Å². The number of rotatable bonds is 5. The van der Waals surface area contributed by atoms with Crippen molar-refractivity contribution in [3.05, 3.63) is 35.0 Å². The number of halogens is 1. The Morgan fingerprint density at radius 3 is 3.00 bits per heavy atom. The quantitative estimate of drug-likeness (QED) is 0.886. The molecule has 1 aromatic heterocycles. The molecule has 3 N–H and O–H groups in total. The first-order valence-corrected chi connectivity index (χ1v) is 7.52. The normalized spacial score (nSPS) is 12.4. The second-order valence-corrected chi connectivity index (χ2v) is 5.60. The van der Waals surface area contributed by atoms with Gasteiger partial charge in [0.1, 0.15) is 0 Å². The van der Waals surface area contributed by atoms with Crippen LogP contribution in [0.1, 0.15) is 31.7 Å². The minimum Gasteiger partial charge on any atom is -0.323 e. The molecule has 4 nitrogen and oxygen atoms in total. The lowest BCUT2D eigenvalue weighted by Gasteiger charge is -2.15. The minimum atomic E-state index is -0.519. The van der Waals surface area contributed by atoms with Crippen molar-refractivity contribution >= 4 is 34.1 Å². The Kier molecular flexibility index (Phi) is 5.15. The van der Waals surface area contributed by atoms with E-state index in [0.717, 1.165) is 29.3 Å². The molecule has 0 fully saturated rings. The van der Waals surface area contributed by atoms with Gasteiger partial charge in [-0.25, -0.2) is 0 Å². The molecule has 0 spiro atoms. The molecule has 2 rings (SSSR count). The summed E-state index contributed by atoms with van der Waals surface area (Å²) in [6.07, 6.45) is 4.33. The second-order valence-electron chi connectivity index (χ2n) is 5.19. The van der Waals surface area contributed by atoms with Gasteiger partial charge in [0.25, 0.3) is 0 Å². The number of aromatic nitrogens is 1. The molecule has 1 aromatic carbocycles. The Bertz CT molecular complexity index is 657. The number of nitrogens with two attached hydrogens (primary N) is 1. The summed E-state index contributed by atoms with van der Waals surface area (Å²) < 4.78 is 0. The number of carbonyl (C=O) groups excluding carboxylic acids is 1. The van der Waals surface area contributed by atoms with Crippen LogP contribution in [0.15, 0.2) is 24.4 Å². The summed E-state index contributed by atoms with van der Waals surface area (Å²) in [7, 11) is 0. The number of benzene rings is 1. The third-order valence-electron chi connectivity index (χ3n) is 3.49. The topological polar surface area (TPSA) is 68.0 Å². The van der Waals surface area contributed by atoms with E-state index in [1.807, 2.05) is 25.1 Å². The summed E-state index contributed by atoms with van der Waals surface area (Å²) in [5.41, 5.74) is 8.30. The van der Waals surface area contributed by atoms with E-state index >= 15 is 0 Å². The van der Waals surface area contributed by atoms with Crippen LogP contribution < -0.4 is 11.1 Å². The summed E-state index contributed by atoms with van der Waals surface area (Å²) >= 11 is 6.28. The van der Waals surface area contributed by atoms with Gasteiger partial charge in [-0.05, 0) is 37.1 Å². The van der Waals surface area contributed by atoms with E-state index in [0.29, 0.717) is 17.1 Å². The molecule has 0 aliphatic rings. The summed E-state index contributed by atoms with van der Waals surface area (Å²) in [5.74, 6) is -0.209. The van der Waals surface area contributed by atoms with Gasteiger partial charge < -0.3 is 11.1 Å². The monoisotopic (exact) mass is 305 g/mol.